The van der Waals surface area contributed by atoms with Gasteiger partial charge in [0.25, 0.3) is 0 Å². The molecule has 0 saturated heterocycles. The van der Waals surface area contributed by atoms with Gasteiger partial charge in [-0.3, -0.25) is 10.1 Å². The summed E-state index contributed by atoms with van der Waals surface area (Å²) in [5.74, 6) is -0.133. The van der Waals surface area contributed by atoms with E-state index >= 15 is 0 Å². The summed E-state index contributed by atoms with van der Waals surface area (Å²) < 4.78 is 2.29. The molecule has 6 nitrogen and oxygen atoms in total. The Morgan fingerprint density at radius 3 is 2.76 bits per heavy atom. The molecular formula is C18H24N4O2S. The van der Waals surface area contributed by atoms with Gasteiger partial charge >= 0.3 is 6.03 Å². The summed E-state index contributed by atoms with van der Waals surface area (Å²) >= 11 is 1.39. The maximum Gasteiger partial charge on any atom is 0.321 e. The first-order valence-corrected chi connectivity index (χ1v) is 9.85. The number of carbonyl (C=O) groups excluding carboxylic acids is 2. The predicted molar refractivity (Wildman–Crippen MR) is 99.8 cm³/mol. The number of benzene rings is 1. The van der Waals surface area contributed by atoms with Gasteiger partial charge < -0.3 is 9.88 Å². The van der Waals surface area contributed by atoms with E-state index in [0.29, 0.717) is 12.6 Å². The topological polar surface area (TPSA) is 76.0 Å². The van der Waals surface area contributed by atoms with Crippen molar-refractivity contribution in [3.05, 3.63) is 24.3 Å². The molecule has 7 heteroatoms. The van der Waals surface area contributed by atoms with Gasteiger partial charge in [-0.05, 0) is 31.9 Å². The Morgan fingerprint density at radius 2 is 2.00 bits per heavy atom. The Bertz CT molecular complexity index is 753. The summed E-state index contributed by atoms with van der Waals surface area (Å²) in [6.07, 6.45) is 6.07. The number of aromatic nitrogens is 2. The number of hydrogen-bond donors (Lipinski definition) is 2. The van der Waals surface area contributed by atoms with Crippen molar-refractivity contribution in [1.82, 2.24) is 20.2 Å². The van der Waals surface area contributed by atoms with Crippen LogP contribution < -0.4 is 10.6 Å². The molecule has 3 rings (SSSR count). The average molecular weight is 360 g/mol. The fourth-order valence-electron chi connectivity index (χ4n) is 3.31. The highest BCUT2D eigenvalue weighted by atomic mass is 32.2. The number of rotatable bonds is 5. The van der Waals surface area contributed by atoms with Crippen molar-refractivity contribution in [3.63, 3.8) is 0 Å². The molecule has 0 unspecified atom stereocenters. The van der Waals surface area contributed by atoms with Crippen LogP contribution in [-0.4, -0.2) is 33.8 Å². The van der Waals surface area contributed by atoms with Crippen LogP contribution in [0.25, 0.3) is 11.0 Å². The van der Waals surface area contributed by atoms with Crippen LogP contribution in [0, 0.1) is 0 Å². The Balaban J connectivity index is 1.76. The summed E-state index contributed by atoms with van der Waals surface area (Å²) in [5.41, 5.74) is 2.08. The van der Waals surface area contributed by atoms with Gasteiger partial charge in [0, 0.05) is 12.6 Å². The zero-order valence-electron chi connectivity index (χ0n) is 14.5. The van der Waals surface area contributed by atoms with E-state index < -0.39 is 6.03 Å². The van der Waals surface area contributed by atoms with Gasteiger partial charge in [0.15, 0.2) is 5.16 Å². The molecule has 0 spiro atoms. The maximum absolute atomic E-state index is 12.0. The first-order chi connectivity index (χ1) is 12.2. The molecule has 25 heavy (non-hydrogen) atoms. The Kier molecular flexibility index (Phi) is 5.96. The Morgan fingerprint density at radius 1 is 1.24 bits per heavy atom. The van der Waals surface area contributed by atoms with E-state index in [9.17, 15) is 9.59 Å². The van der Waals surface area contributed by atoms with Crippen LogP contribution in [-0.2, 0) is 4.79 Å². The van der Waals surface area contributed by atoms with Gasteiger partial charge in [0.05, 0.1) is 16.8 Å². The lowest BCUT2D eigenvalue weighted by Crippen LogP contribution is -2.40. The summed E-state index contributed by atoms with van der Waals surface area (Å²) in [5, 5.41) is 5.76. The minimum absolute atomic E-state index is 0.174. The predicted octanol–water partition coefficient (Wildman–Crippen LogP) is 3.48. The molecule has 1 fully saturated rings. The number of amides is 3. The molecule has 0 aliphatic heterocycles. The van der Waals surface area contributed by atoms with Crippen molar-refractivity contribution < 1.29 is 9.59 Å². The monoisotopic (exact) mass is 360 g/mol. The van der Waals surface area contributed by atoms with E-state index in [-0.39, 0.29) is 11.7 Å². The summed E-state index contributed by atoms with van der Waals surface area (Å²) in [7, 11) is 0. The molecule has 1 aliphatic carbocycles. The van der Waals surface area contributed by atoms with Crippen molar-refractivity contribution in [1.29, 1.82) is 0 Å². The van der Waals surface area contributed by atoms with Crippen LogP contribution in [0.2, 0.25) is 0 Å². The third-order valence-electron chi connectivity index (χ3n) is 4.43. The standard InChI is InChI=1S/C18H24N4O2S/c1-2-19-17(24)21-16(23)12-25-18-20-14-10-6-7-11-15(14)22(18)13-8-4-3-5-9-13/h6-7,10-11,13H,2-5,8-9,12H2,1H3,(H2,19,21,23,24). The van der Waals surface area contributed by atoms with Crippen LogP contribution >= 0.6 is 11.8 Å². The molecule has 2 N–H and O–H groups in total. The molecule has 1 heterocycles. The second-order valence-electron chi connectivity index (χ2n) is 6.24. The van der Waals surface area contributed by atoms with Crippen LogP contribution in [0.3, 0.4) is 0 Å². The summed E-state index contributed by atoms with van der Waals surface area (Å²) in [6.45, 7) is 2.30. The quantitative estimate of drug-likeness (QED) is 0.801. The van der Waals surface area contributed by atoms with E-state index in [4.69, 9.17) is 4.98 Å². The number of hydrogen-bond acceptors (Lipinski definition) is 4. The zero-order valence-corrected chi connectivity index (χ0v) is 15.3. The molecule has 2 aromatic rings. The molecule has 1 aromatic heterocycles. The number of urea groups is 1. The molecule has 1 aromatic carbocycles. The van der Waals surface area contributed by atoms with E-state index in [2.05, 4.69) is 21.3 Å². The number of imidazole rings is 1. The summed E-state index contributed by atoms with van der Waals surface area (Å²) in [4.78, 5) is 28.1. The smallest absolute Gasteiger partial charge is 0.321 e. The third-order valence-corrected chi connectivity index (χ3v) is 5.38. The minimum atomic E-state index is -0.450. The normalized spacial score (nSPS) is 15.2. The molecule has 0 atom stereocenters. The van der Waals surface area contributed by atoms with Crippen molar-refractivity contribution in [2.24, 2.45) is 0 Å². The number of fused-ring (bicyclic) bond motifs is 1. The number of nitrogens with one attached hydrogen (secondary N) is 2. The first-order valence-electron chi connectivity index (χ1n) is 8.86. The molecule has 1 saturated carbocycles. The highest BCUT2D eigenvalue weighted by Crippen LogP contribution is 2.35. The second-order valence-corrected chi connectivity index (χ2v) is 7.18. The Hall–Kier alpha value is -2.02. The molecule has 1 aliphatic rings. The number of carbonyl (C=O) groups is 2. The van der Waals surface area contributed by atoms with Gasteiger partial charge in [-0.15, -0.1) is 0 Å². The summed E-state index contributed by atoms with van der Waals surface area (Å²) in [6, 6.07) is 8.10. The highest BCUT2D eigenvalue weighted by molar-refractivity contribution is 7.99. The largest absolute Gasteiger partial charge is 0.338 e. The minimum Gasteiger partial charge on any atom is -0.338 e. The van der Waals surface area contributed by atoms with Crippen LogP contribution in [0.4, 0.5) is 4.79 Å². The highest BCUT2D eigenvalue weighted by Gasteiger charge is 2.22. The molecule has 0 radical (unpaired) electrons. The van der Waals surface area contributed by atoms with E-state index in [0.717, 1.165) is 29.0 Å². The average Bonchev–Trinajstić information content (AvgIpc) is 2.99. The van der Waals surface area contributed by atoms with E-state index in [1.807, 2.05) is 25.1 Å². The number of imide groups is 1. The zero-order chi connectivity index (χ0) is 17.6. The lowest BCUT2D eigenvalue weighted by atomic mass is 9.95. The molecule has 3 amide bonds. The number of para-hydroxylation sites is 2. The van der Waals surface area contributed by atoms with Gasteiger partial charge in [-0.1, -0.05) is 43.2 Å². The van der Waals surface area contributed by atoms with Crippen molar-refractivity contribution in [3.8, 4) is 0 Å². The van der Waals surface area contributed by atoms with Gasteiger partial charge in [0.2, 0.25) is 5.91 Å². The number of nitrogens with zero attached hydrogens (tertiary/aromatic N) is 2. The van der Waals surface area contributed by atoms with Gasteiger partial charge in [-0.2, -0.15) is 0 Å². The number of thioether (sulfide) groups is 1. The maximum atomic E-state index is 12.0. The van der Waals surface area contributed by atoms with E-state index in [1.54, 1.807) is 0 Å². The lowest BCUT2D eigenvalue weighted by Gasteiger charge is -2.25. The molecular weight excluding hydrogens is 336 g/mol. The van der Waals surface area contributed by atoms with Crippen LogP contribution in [0.1, 0.15) is 45.1 Å². The third kappa shape index (κ3) is 4.34. The van der Waals surface area contributed by atoms with Crippen molar-refractivity contribution in [2.75, 3.05) is 12.3 Å². The fourth-order valence-corrected chi connectivity index (χ4v) is 4.20. The van der Waals surface area contributed by atoms with E-state index in [1.165, 1.54) is 31.0 Å². The molecule has 134 valence electrons. The van der Waals surface area contributed by atoms with Crippen LogP contribution in [0.5, 0.6) is 0 Å². The van der Waals surface area contributed by atoms with Gasteiger partial charge in [0.1, 0.15) is 0 Å². The fraction of sp³-hybridized carbons (Fsp3) is 0.500. The Labute approximate surface area is 151 Å². The molecule has 0 bridgehead atoms. The van der Waals surface area contributed by atoms with Crippen molar-refractivity contribution >= 4 is 34.7 Å². The second kappa shape index (κ2) is 8.38. The SMILES string of the molecule is CCNC(=O)NC(=O)CSc1nc2ccccc2n1C1CCCCC1. The van der Waals surface area contributed by atoms with Crippen molar-refractivity contribution in [2.45, 2.75) is 50.2 Å². The first kappa shape index (κ1) is 17.8. The van der Waals surface area contributed by atoms with Crippen LogP contribution in [0.15, 0.2) is 29.4 Å². The van der Waals surface area contributed by atoms with Gasteiger partial charge in [-0.25, -0.2) is 9.78 Å². The lowest BCUT2D eigenvalue weighted by molar-refractivity contribution is -0.117.